The number of nitrogens with two attached hydrogens (primary N) is 1. The summed E-state index contributed by atoms with van der Waals surface area (Å²) in [7, 11) is 0. The van der Waals surface area contributed by atoms with Gasteiger partial charge in [-0.15, -0.1) is 11.8 Å². The number of hydrazine groups is 1. The first-order chi connectivity index (χ1) is 10.3. The van der Waals surface area contributed by atoms with Crippen molar-refractivity contribution in [2.75, 3.05) is 5.43 Å². The lowest BCUT2D eigenvalue weighted by atomic mass is 10.2. The molecule has 6 heteroatoms. The maximum absolute atomic E-state index is 5.90. The Hall–Kier alpha value is -1.82. The normalized spacial score (nSPS) is 10.8. The molecule has 0 radical (unpaired) electrons. The molecule has 0 saturated carbocycles. The quantitative estimate of drug-likeness (QED) is 0.331. The highest BCUT2D eigenvalue weighted by Gasteiger charge is 2.07. The number of aromatic nitrogens is 2. The van der Waals surface area contributed by atoms with Crippen LogP contribution in [0, 0.1) is 0 Å². The van der Waals surface area contributed by atoms with E-state index < -0.39 is 0 Å². The lowest BCUT2D eigenvalue weighted by Crippen LogP contribution is -2.10. The molecule has 0 aliphatic heterocycles. The molecule has 106 valence electrons. The number of para-hydroxylation sites is 1. The van der Waals surface area contributed by atoms with Crippen LogP contribution in [0.3, 0.4) is 0 Å². The van der Waals surface area contributed by atoms with Gasteiger partial charge in [-0.1, -0.05) is 41.9 Å². The summed E-state index contributed by atoms with van der Waals surface area (Å²) in [5.74, 6) is 6.67. The van der Waals surface area contributed by atoms with Crippen LogP contribution in [-0.4, -0.2) is 9.97 Å². The van der Waals surface area contributed by atoms with Crippen LogP contribution in [0.15, 0.2) is 53.6 Å². The van der Waals surface area contributed by atoms with E-state index in [1.54, 1.807) is 11.8 Å². The Kier molecular flexibility index (Phi) is 4.24. The number of nitrogen functional groups attached to an aromatic ring is 1. The minimum Gasteiger partial charge on any atom is -0.292 e. The van der Waals surface area contributed by atoms with Crippen molar-refractivity contribution in [2.24, 2.45) is 5.84 Å². The number of benzene rings is 2. The van der Waals surface area contributed by atoms with Crippen LogP contribution < -0.4 is 11.3 Å². The molecule has 0 aliphatic carbocycles. The highest BCUT2D eigenvalue weighted by Crippen LogP contribution is 2.29. The van der Waals surface area contributed by atoms with Gasteiger partial charge in [0.15, 0.2) is 0 Å². The zero-order chi connectivity index (χ0) is 14.7. The molecule has 2 aromatic carbocycles. The second-order valence-corrected chi connectivity index (χ2v) is 5.83. The largest absolute Gasteiger partial charge is 0.292 e. The first-order valence-corrected chi connectivity index (χ1v) is 7.73. The summed E-state index contributed by atoms with van der Waals surface area (Å²) in [6, 6.07) is 15.7. The van der Waals surface area contributed by atoms with Crippen molar-refractivity contribution in [3.05, 3.63) is 59.1 Å². The number of fused-ring (bicyclic) bond motifs is 1. The Morgan fingerprint density at radius 3 is 2.57 bits per heavy atom. The molecule has 0 atom stereocenters. The van der Waals surface area contributed by atoms with Gasteiger partial charge in [0.05, 0.1) is 5.52 Å². The van der Waals surface area contributed by atoms with E-state index in [-0.39, 0.29) is 0 Å². The second-order valence-electron chi connectivity index (χ2n) is 4.43. The fourth-order valence-corrected chi connectivity index (χ4v) is 3.06. The Morgan fingerprint density at radius 2 is 1.81 bits per heavy atom. The van der Waals surface area contributed by atoms with Crippen molar-refractivity contribution in [1.82, 2.24) is 9.97 Å². The molecule has 0 fully saturated rings. The number of anilines is 1. The van der Waals surface area contributed by atoms with Gasteiger partial charge in [0.25, 0.3) is 0 Å². The van der Waals surface area contributed by atoms with Crippen LogP contribution >= 0.6 is 23.4 Å². The summed E-state index contributed by atoms with van der Waals surface area (Å²) >= 11 is 7.55. The van der Waals surface area contributed by atoms with Crippen LogP contribution in [0.4, 0.5) is 5.95 Å². The average molecular weight is 317 g/mol. The number of nitrogens with zero attached hydrogens (tertiary/aromatic N) is 2. The molecule has 0 spiro atoms. The Morgan fingerprint density at radius 1 is 1.05 bits per heavy atom. The van der Waals surface area contributed by atoms with Crippen LogP contribution in [0.1, 0.15) is 5.56 Å². The van der Waals surface area contributed by atoms with E-state index in [2.05, 4.69) is 15.4 Å². The second kappa shape index (κ2) is 6.30. The van der Waals surface area contributed by atoms with Gasteiger partial charge >= 0.3 is 0 Å². The Bertz CT molecular complexity index is 761. The van der Waals surface area contributed by atoms with E-state index in [4.69, 9.17) is 17.4 Å². The predicted octanol–water partition coefficient (Wildman–Crippen LogP) is 3.86. The van der Waals surface area contributed by atoms with Gasteiger partial charge in [0.2, 0.25) is 5.95 Å². The van der Waals surface area contributed by atoms with Crippen molar-refractivity contribution < 1.29 is 0 Å². The van der Waals surface area contributed by atoms with Gasteiger partial charge in [0.1, 0.15) is 5.03 Å². The molecule has 3 rings (SSSR count). The molecule has 3 N–H and O–H groups in total. The molecular formula is C15H13ClN4S. The van der Waals surface area contributed by atoms with Gasteiger partial charge in [-0.3, -0.25) is 5.43 Å². The molecule has 1 aromatic heterocycles. The third-order valence-corrected chi connectivity index (χ3v) is 4.30. The first kappa shape index (κ1) is 14.1. The third-order valence-electron chi connectivity index (χ3n) is 2.99. The SMILES string of the molecule is NNc1nc(SCc2ccc(Cl)cc2)c2ccccc2n1. The molecule has 0 bridgehead atoms. The maximum Gasteiger partial charge on any atom is 0.238 e. The highest BCUT2D eigenvalue weighted by molar-refractivity contribution is 7.98. The van der Waals surface area contributed by atoms with Crippen molar-refractivity contribution >= 4 is 40.2 Å². The monoisotopic (exact) mass is 316 g/mol. The number of hydrogen-bond donors (Lipinski definition) is 2. The van der Waals surface area contributed by atoms with E-state index in [1.165, 1.54) is 5.56 Å². The number of rotatable bonds is 4. The topological polar surface area (TPSA) is 63.8 Å². The van der Waals surface area contributed by atoms with Crippen molar-refractivity contribution in [1.29, 1.82) is 0 Å². The predicted molar refractivity (Wildman–Crippen MR) is 88.4 cm³/mol. The first-order valence-electron chi connectivity index (χ1n) is 6.37. The summed E-state index contributed by atoms with van der Waals surface area (Å²) < 4.78 is 0. The molecule has 0 aliphatic rings. The van der Waals surface area contributed by atoms with Gasteiger partial charge in [0, 0.05) is 16.2 Å². The van der Waals surface area contributed by atoms with Crippen LogP contribution in [0.2, 0.25) is 5.02 Å². The van der Waals surface area contributed by atoms with E-state index >= 15 is 0 Å². The molecular weight excluding hydrogens is 304 g/mol. The average Bonchev–Trinajstić information content (AvgIpc) is 2.53. The van der Waals surface area contributed by atoms with Crippen molar-refractivity contribution in [3.8, 4) is 0 Å². The summed E-state index contributed by atoms with van der Waals surface area (Å²) in [4.78, 5) is 8.78. The molecule has 0 unspecified atom stereocenters. The van der Waals surface area contributed by atoms with Crippen molar-refractivity contribution in [2.45, 2.75) is 10.8 Å². The number of halogens is 1. The molecule has 4 nitrogen and oxygen atoms in total. The summed E-state index contributed by atoms with van der Waals surface area (Å²) in [6.07, 6.45) is 0. The molecule has 1 heterocycles. The smallest absolute Gasteiger partial charge is 0.238 e. The van der Waals surface area contributed by atoms with E-state index in [0.29, 0.717) is 5.95 Å². The summed E-state index contributed by atoms with van der Waals surface area (Å²) in [5.41, 5.74) is 4.58. The number of nitrogens with one attached hydrogen (secondary N) is 1. The number of thioether (sulfide) groups is 1. The van der Waals surface area contributed by atoms with Crippen LogP contribution in [0.5, 0.6) is 0 Å². The molecule has 0 saturated heterocycles. The van der Waals surface area contributed by atoms with Crippen LogP contribution in [-0.2, 0) is 5.75 Å². The van der Waals surface area contributed by atoms with Gasteiger partial charge < -0.3 is 0 Å². The third kappa shape index (κ3) is 3.26. The summed E-state index contributed by atoms with van der Waals surface area (Å²) in [5, 5.41) is 2.67. The lowest BCUT2D eigenvalue weighted by molar-refractivity contribution is 1.07. The zero-order valence-electron chi connectivity index (χ0n) is 11.1. The zero-order valence-corrected chi connectivity index (χ0v) is 12.7. The van der Waals surface area contributed by atoms with Gasteiger partial charge in [-0.25, -0.2) is 15.8 Å². The van der Waals surface area contributed by atoms with Gasteiger partial charge in [-0.05, 0) is 23.8 Å². The minimum absolute atomic E-state index is 0.423. The Balaban J connectivity index is 1.90. The Labute approximate surface area is 131 Å². The fourth-order valence-electron chi connectivity index (χ4n) is 1.95. The maximum atomic E-state index is 5.90. The molecule has 21 heavy (non-hydrogen) atoms. The lowest BCUT2D eigenvalue weighted by Gasteiger charge is -2.08. The molecule has 3 aromatic rings. The van der Waals surface area contributed by atoms with E-state index in [1.807, 2.05) is 48.5 Å². The minimum atomic E-state index is 0.423. The number of hydrogen-bond acceptors (Lipinski definition) is 5. The van der Waals surface area contributed by atoms with E-state index in [0.717, 1.165) is 26.7 Å². The summed E-state index contributed by atoms with van der Waals surface area (Å²) in [6.45, 7) is 0. The van der Waals surface area contributed by atoms with Gasteiger partial charge in [-0.2, -0.15) is 0 Å². The highest BCUT2D eigenvalue weighted by atomic mass is 35.5. The molecule has 0 amide bonds. The van der Waals surface area contributed by atoms with Crippen molar-refractivity contribution in [3.63, 3.8) is 0 Å². The standard InChI is InChI=1S/C15H13ClN4S/c16-11-7-5-10(6-8-11)9-21-14-12-3-1-2-4-13(12)18-15(19-14)20-17/h1-8H,9,17H2,(H,18,19,20). The fraction of sp³-hybridized carbons (Fsp3) is 0.0667. The van der Waals surface area contributed by atoms with E-state index in [9.17, 15) is 0 Å². The van der Waals surface area contributed by atoms with Crippen LogP contribution in [0.25, 0.3) is 10.9 Å².